The summed E-state index contributed by atoms with van der Waals surface area (Å²) >= 11 is 0. The van der Waals surface area contributed by atoms with E-state index >= 15 is 0 Å². The standard InChI is InChI=1S/C15H22N2/c1-2-7-13(8-3-1)16-11-14-10-12-6-4-5-9-15(12)17-14/h1-3,7-8,12,14-17H,4-6,9-11H2. The topological polar surface area (TPSA) is 24.1 Å². The molecule has 1 aromatic rings. The molecule has 0 aromatic heterocycles. The number of fused-ring (bicyclic) bond motifs is 1. The van der Waals surface area contributed by atoms with Crippen molar-refractivity contribution in [2.75, 3.05) is 11.9 Å². The summed E-state index contributed by atoms with van der Waals surface area (Å²) < 4.78 is 0. The van der Waals surface area contributed by atoms with E-state index in [0.29, 0.717) is 6.04 Å². The molecule has 2 N–H and O–H groups in total. The van der Waals surface area contributed by atoms with Gasteiger partial charge in [-0.15, -0.1) is 0 Å². The van der Waals surface area contributed by atoms with Gasteiger partial charge in [0.05, 0.1) is 0 Å². The van der Waals surface area contributed by atoms with Gasteiger partial charge in [0, 0.05) is 24.3 Å². The maximum Gasteiger partial charge on any atom is 0.0340 e. The Balaban J connectivity index is 1.50. The van der Waals surface area contributed by atoms with Crippen molar-refractivity contribution in [2.24, 2.45) is 5.92 Å². The van der Waals surface area contributed by atoms with E-state index in [1.807, 2.05) is 0 Å². The first-order valence-corrected chi connectivity index (χ1v) is 6.97. The molecule has 1 saturated heterocycles. The van der Waals surface area contributed by atoms with Crippen LogP contribution in [0, 0.1) is 5.92 Å². The van der Waals surface area contributed by atoms with E-state index in [2.05, 4.69) is 41.0 Å². The fraction of sp³-hybridized carbons (Fsp3) is 0.600. The van der Waals surface area contributed by atoms with Crippen molar-refractivity contribution in [2.45, 2.75) is 44.2 Å². The summed E-state index contributed by atoms with van der Waals surface area (Å²) in [5.41, 5.74) is 1.24. The Morgan fingerprint density at radius 1 is 1.12 bits per heavy atom. The normalized spacial score (nSPS) is 32.1. The Hall–Kier alpha value is -1.02. The van der Waals surface area contributed by atoms with Crippen LogP contribution in [0.3, 0.4) is 0 Å². The van der Waals surface area contributed by atoms with Crippen molar-refractivity contribution in [1.29, 1.82) is 0 Å². The van der Waals surface area contributed by atoms with Crippen molar-refractivity contribution in [3.63, 3.8) is 0 Å². The number of para-hydroxylation sites is 1. The minimum absolute atomic E-state index is 0.670. The van der Waals surface area contributed by atoms with Gasteiger partial charge in [0.25, 0.3) is 0 Å². The molecule has 0 bridgehead atoms. The number of benzene rings is 1. The highest BCUT2D eigenvalue weighted by atomic mass is 15.0. The number of rotatable bonds is 3. The van der Waals surface area contributed by atoms with E-state index in [0.717, 1.165) is 18.5 Å². The quantitative estimate of drug-likeness (QED) is 0.834. The minimum atomic E-state index is 0.670. The summed E-state index contributed by atoms with van der Waals surface area (Å²) in [6.07, 6.45) is 7.07. The minimum Gasteiger partial charge on any atom is -0.383 e. The van der Waals surface area contributed by atoms with Gasteiger partial charge in [-0.3, -0.25) is 0 Å². The van der Waals surface area contributed by atoms with E-state index in [9.17, 15) is 0 Å². The van der Waals surface area contributed by atoms with Gasteiger partial charge < -0.3 is 10.6 Å². The second-order valence-corrected chi connectivity index (χ2v) is 5.50. The van der Waals surface area contributed by atoms with Crippen LogP contribution in [0.2, 0.25) is 0 Å². The summed E-state index contributed by atoms with van der Waals surface area (Å²) in [4.78, 5) is 0. The first-order valence-electron chi connectivity index (χ1n) is 6.97. The van der Waals surface area contributed by atoms with Gasteiger partial charge in [0.1, 0.15) is 0 Å². The average Bonchev–Trinajstić information content (AvgIpc) is 2.80. The monoisotopic (exact) mass is 230 g/mol. The molecule has 2 nitrogen and oxygen atoms in total. The zero-order valence-electron chi connectivity index (χ0n) is 10.4. The van der Waals surface area contributed by atoms with Crippen LogP contribution < -0.4 is 10.6 Å². The molecule has 2 heteroatoms. The van der Waals surface area contributed by atoms with Gasteiger partial charge in [-0.1, -0.05) is 31.0 Å². The highest BCUT2D eigenvalue weighted by molar-refractivity contribution is 5.42. The summed E-state index contributed by atoms with van der Waals surface area (Å²) in [6.45, 7) is 1.07. The first-order chi connectivity index (χ1) is 8.42. The maximum atomic E-state index is 3.80. The molecule has 1 heterocycles. The molecular formula is C15H22N2. The molecule has 2 fully saturated rings. The molecule has 1 aliphatic carbocycles. The first kappa shape index (κ1) is 11.1. The second-order valence-electron chi connectivity index (χ2n) is 5.50. The molecule has 92 valence electrons. The molecule has 1 aromatic carbocycles. The lowest BCUT2D eigenvalue weighted by atomic mass is 9.85. The highest BCUT2D eigenvalue weighted by Crippen LogP contribution is 2.33. The van der Waals surface area contributed by atoms with Gasteiger partial charge in [0.15, 0.2) is 0 Å². The summed E-state index contributed by atoms with van der Waals surface area (Å²) in [7, 11) is 0. The van der Waals surface area contributed by atoms with Crippen LogP contribution in [0.1, 0.15) is 32.1 Å². The van der Waals surface area contributed by atoms with E-state index in [1.54, 1.807) is 0 Å². The molecule has 3 atom stereocenters. The molecule has 1 aliphatic heterocycles. The second kappa shape index (κ2) is 5.09. The predicted molar refractivity (Wildman–Crippen MR) is 72.2 cm³/mol. The fourth-order valence-electron chi connectivity index (χ4n) is 3.38. The maximum absolute atomic E-state index is 3.80. The lowest BCUT2D eigenvalue weighted by Crippen LogP contribution is -2.36. The van der Waals surface area contributed by atoms with Gasteiger partial charge in [-0.05, 0) is 37.3 Å². The SMILES string of the molecule is c1ccc(NCC2CC3CCCCC3N2)cc1. The van der Waals surface area contributed by atoms with Crippen LogP contribution >= 0.6 is 0 Å². The molecular weight excluding hydrogens is 208 g/mol. The van der Waals surface area contributed by atoms with Crippen molar-refractivity contribution >= 4 is 5.69 Å². The summed E-state index contributed by atoms with van der Waals surface area (Å²) in [5, 5.41) is 7.33. The summed E-state index contributed by atoms with van der Waals surface area (Å²) in [6, 6.07) is 12.0. The van der Waals surface area contributed by atoms with Crippen LogP contribution in [-0.2, 0) is 0 Å². The zero-order chi connectivity index (χ0) is 11.5. The van der Waals surface area contributed by atoms with Crippen LogP contribution in [-0.4, -0.2) is 18.6 Å². The largest absolute Gasteiger partial charge is 0.383 e. The lowest BCUT2D eigenvalue weighted by molar-refractivity contribution is 0.325. The Labute approximate surface area is 104 Å². The average molecular weight is 230 g/mol. The molecule has 1 saturated carbocycles. The van der Waals surface area contributed by atoms with E-state index in [4.69, 9.17) is 0 Å². The third-order valence-corrected chi connectivity index (χ3v) is 4.27. The molecule has 0 spiro atoms. The van der Waals surface area contributed by atoms with Gasteiger partial charge in [0.2, 0.25) is 0 Å². The van der Waals surface area contributed by atoms with Crippen molar-refractivity contribution in [1.82, 2.24) is 5.32 Å². The number of hydrogen-bond acceptors (Lipinski definition) is 2. The zero-order valence-corrected chi connectivity index (χ0v) is 10.4. The number of nitrogens with one attached hydrogen (secondary N) is 2. The molecule has 0 amide bonds. The molecule has 3 rings (SSSR count). The Bertz CT molecular complexity index is 335. The van der Waals surface area contributed by atoms with Crippen LogP contribution in [0.4, 0.5) is 5.69 Å². The highest BCUT2D eigenvalue weighted by Gasteiger charge is 2.34. The Morgan fingerprint density at radius 3 is 2.76 bits per heavy atom. The van der Waals surface area contributed by atoms with Crippen molar-refractivity contribution < 1.29 is 0 Å². The van der Waals surface area contributed by atoms with Crippen LogP contribution in [0.25, 0.3) is 0 Å². The predicted octanol–water partition coefficient (Wildman–Crippen LogP) is 3.02. The molecule has 3 unspecified atom stereocenters. The van der Waals surface area contributed by atoms with Gasteiger partial charge >= 0.3 is 0 Å². The molecule has 0 radical (unpaired) electrons. The van der Waals surface area contributed by atoms with E-state index < -0.39 is 0 Å². The molecule has 17 heavy (non-hydrogen) atoms. The third-order valence-electron chi connectivity index (χ3n) is 4.27. The Morgan fingerprint density at radius 2 is 1.94 bits per heavy atom. The van der Waals surface area contributed by atoms with E-state index in [1.165, 1.54) is 37.8 Å². The van der Waals surface area contributed by atoms with Gasteiger partial charge in [-0.2, -0.15) is 0 Å². The van der Waals surface area contributed by atoms with Crippen molar-refractivity contribution in [3.05, 3.63) is 30.3 Å². The molecule has 2 aliphatic rings. The number of anilines is 1. The summed E-state index contributed by atoms with van der Waals surface area (Å²) in [5.74, 6) is 0.950. The lowest BCUT2D eigenvalue weighted by Gasteiger charge is -2.24. The smallest absolute Gasteiger partial charge is 0.0340 e. The van der Waals surface area contributed by atoms with Crippen molar-refractivity contribution in [3.8, 4) is 0 Å². The third kappa shape index (κ3) is 2.63. The van der Waals surface area contributed by atoms with Gasteiger partial charge in [-0.25, -0.2) is 0 Å². The fourth-order valence-corrected chi connectivity index (χ4v) is 3.38. The van der Waals surface area contributed by atoms with Crippen LogP contribution in [0.15, 0.2) is 30.3 Å². The van der Waals surface area contributed by atoms with Crippen LogP contribution in [0.5, 0.6) is 0 Å². The Kier molecular flexibility index (Phi) is 3.32. The van der Waals surface area contributed by atoms with E-state index in [-0.39, 0.29) is 0 Å². The number of hydrogen-bond donors (Lipinski definition) is 2.